The molecule has 2 bridgehead atoms. The molecule has 2 saturated heterocycles. The molecular weight excluding hydrogens is 352 g/mol. The quantitative estimate of drug-likeness (QED) is 0.870. The molecule has 1 N–H and O–H groups in total. The number of hydrogen-bond acceptors (Lipinski definition) is 5. The van der Waals surface area contributed by atoms with Crippen LogP contribution < -0.4 is 5.32 Å². The fourth-order valence-electron chi connectivity index (χ4n) is 3.98. The second-order valence-electron chi connectivity index (χ2n) is 7.05. The monoisotopic (exact) mass is 374 g/mol. The maximum atomic E-state index is 12.7. The molecule has 1 amide bonds. The number of carbonyl (C=O) groups excluding carboxylic acids is 1. The molecule has 1 aromatic carbocycles. The fourth-order valence-corrected chi connectivity index (χ4v) is 4.11. The number of amides is 1. The number of carbonyl (C=O) groups is 1. The Kier molecular flexibility index (Phi) is 5.22. The van der Waals surface area contributed by atoms with Crippen LogP contribution in [0, 0.1) is 0 Å². The topological polar surface area (TPSA) is 71.3 Å². The van der Waals surface area contributed by atoms with Gasteiger partial charge in [0.2, 0.25) is 17.6 Å². The van der Waals surface area contributed by atoms with Gasteiger partial charge in [-0.05, 0) is 56.5 Å². The Morgan fingerprint density at radius 2 is 2.04 bits per heavy atom. The average Bonchev–Trinajstić information content (AvgIpc) is 3.19. The highest BCUT2D eigenvalue weighted by molar-refractivity contribution is 6.30. The number of nitrogens with zero attached hydrogens (tertiary/aromatic N) is 3. The Labute approximate surface area is 157 Å². The Balaban J connectivity index is 1.31. The fraction of sp³-hybridized carbons (Fsp3) is 0.526. The molecule has 2 aliphatic rings. The third-order valence-electron chi connectivity index (χ3n) is 5.29. The SMILES string of the molecule is O=C(CCCc1nc(-c2ccc(Cl)cc2)no1)N1C2CCNCC1CC2. The first-order valence-electron chi connectivity index (χ1n) is 9.31. The van der Waals surface area contributed by atoms with Gasteiger partial charge in [0.15, 0.2) is 0 Å². The minimum atomic E-state index is 0.263. The molecule has 3 heterocycles. The average molecular weight is 375 g/mol. The van der Waals surface area contributed by atoms with Crippen molar-refractivity contribution in [3.05, 3.63) is 35.2 Å². The molecule has 2 fully saturated rings. The first-order chi connectivity index (χ1) is 12.7. The highest BCUT2D eigenvalue weighted by Crippen LogP contribution is 2.29. The van der Waals surface area contributed by atoms with E-state index in [1.165, 1.54) is 0 Å². The number of aromatic nitrogens is 2. The van der Waals surface area contributed by atoms with Crippen LogP contribution in [-0.2, 0) is 11.2 Å². The molecule has 2 unspecified atom stereocenters. The van der Waals surface area contributed by atoms with Gasteiger partial charge in [0.1, 0.15) is 0 Å². The summed E-state index contributed by atoms with van der Waals surface area (Å²) < 4.78 is 5.32. The van der Waals surface area contributed by atoms with Gasteiger partial charge in [0.05, 0.1) is 0 Å². The molecule has 0 saturated carbocycles. The highest BCUT2D eigenvalue weighted by atomic mass is 35.5. The third kappa shape index (κ3) is 3.76. The van der Waals surface area contributed by atoms with E-state index in [0.717, 1.165) is 44.3 Å². The van der Waals surface area contributed by atoms with E-state index in [4.69, 9.17) is 16.1 Å². The summed E-state index contributed by atoms with van der Waals surface area (Å²) in [6.45, 7) is 1.94. The minimum Gasteiger partial charge on any atom is -0.339 e. The number of fused-ring (bicyclic) bond motifs is 2. The van der Waals surface area contributed by atoms with Gasteiger partial charge in [-0.3, -0.25) is 4.79 Å². The van der Waals surface area contributed by atoms with E-state index in [0.29, 0.717) is 41.7 Å². The molecule has 26 heavy (non-hydrogen) atoms. The van der Waals surface area contributed by atoms with Crippen LogP contribution in [0.25, 0.3) is 11.4 Å². The first-order valence-corrected chi connectivity index (χ1v) is 9.69. The maximum absolute atomic E-state index is 12.7. The van der Waals surface area contributed by atoms with Gasteiger partial charge >= 0.3 is 0 Å². The normalized spacial score (nSPS) is 22.4. The van der Waals surface area contributed by atoms with Gasteiger partial charge in [-0.2, -0.15) is 4.98 Å². The van der Waals surface area contributed by atoms with Crippen molar-refractivity contribution in [2.45, 2.75) is 50.6 Å². The van der Waals surface area contributed by atoms with E-state index < -0.39 is 0 Å². The van der Waals surface area contributed by atoms with Crippen molar-refractivity contribution in [3.8, 4) is 11.4 Å². The summed E-state index contributed by atoms with van der Waals surface area (Å²) in [5.41, 5.74) is 0.870. The summed E-state index contributed by atoms with van der Waals surface area (Å²) in [5, 5.41) is 8.12. The predicted octanol–water partition coefficient (Wildman–Crippen LogP) is 3.07. The molecule has 2 atom stereocenters. The molecule has 2 aliphatic heterocycles. The number of nitrogens with one attached hydrogen (secondary N) is 1. The van der Waals surface area contributed by atoms with Crippen molar-refractivity contribution in [3.63, 3.8) is 0 Å². The van der Waals surface area contributed by atoms with Crippen LogP contribution in [0.2, 0.25) is 5.02 Å². The van der Waals surface area contributed by atoms with Gasteiger partial charge in [-0.25, -0.2) is 0 Å². The van der Waals surface area contributed by atoms with E-state index >= 15 is 0 Å². The zero-order valence-electron chi connectivity index (χ0n) is 14.7. The lowest BCUT2D eigenvalue weighted by atomic mass is 10.1. The summed E-state index contributed by atoms with van der Waals surface area (Å²) >= 11 is 5.90. The molecule has 2 aromatic rings. The van der Waals surface area contributed by atoms with Gasteiger partial charge in [0, 0.05) is 42.1 Å². The number of aryl methyl sites for hydroxylation is 1. The van der Waals surface area contributed by atoms with E-state index in [1.807, 2.05) is 12.1 Å². The van der Waals surface area contributed by atoms with Gasteiger partial charge in [-0.15, -0.1) is 0 Å². The van der Waals surface area contributed by atoms with Gasteiger partial charge in [0.25, 0.3) is 0 Å². The molecule has 4 rings (SSSR count). The van der Waals surface area contributed by atoms with E-state index in [2.05, 4.69) is 20.4 Å². The Hall–Kier alpha value is -1.92. The van der Waals surface area contributed by atoms with Gasteiger partial charge < -0.3 is 14.7 Å². The summed E-state index contributed by atoms with van der Waals surface area (Å²) in [5.74, 6) is 1.39. The van der Waals surface area contributed by atoms with E-state index in [9.17, 15) is 4.79 Å². The maximum Gasteiger partial charge on any atom is 0.226 e. The Morgan fingerprint density at radius 1 is 1.23 bits per heavy atom. The van der Waals surface area contributed by atoms with E-state index in [-0.39, 0.29) is 5.91 Å². The Morgan fingerprint density at radius 3 is 2.88 bits per heavy atom. The predicted molar refractivity (Wildman–Crippen MR) is 98.8 cm³/mol. The largest absolute Gasteiger partial charge is 0.339 e. The Bertz CT molecular complexity index is 747. The summed E-state index contributed by atoms with van der Waals surface area (Å²) in [7, 11) is 0. The van der Waals surface area contributed by atoms with Crippen molar-refractivity contribution in [2.24, 2.45) is 0 Å². The van der Waals surface area contributed by atoms with Crippen LogP contribution in [0.1, 0.15) is 38.0 Å². The van der Waals surface area contributed by atoms with Crippen LogP contribution in [0.15, 0.2) is 28.8 Å². The lowest BCUT2D eigenvalue weighted by Gasteiger charge is -2.27. The lowest BCUT2D eigenvalue weighted by molar-refractivity contribution is -0.133. The van der Waals surface area contributed by atoms with Crippen LogP contribution in [0.3, 0.4) is 0 Å². The van der Waals surface area contributed by atoms with Crippen LogP contribution in [0.5, 0.6) is 0 Å². The minimum absolute atomic E-state index is 0.263. The smallest absolute Gasteiger partial charge is 0.226 e. The zero-order valence-corrected chi connectivity index (χ0v) is 15.4. The number of rotatable bonds is 5. The summed E-state index contributed by atoms with van der Waals surface area (Å²) in [6.07, 6.45) is 5.21. The molecular formula is C19H23ClN4O2. The van der Waals surface area contributed by atoms with Crippen molar-refractivity contribution >= 4 is 17.5 Å². The zero-order chi connectivity index (χ0) is 17.9. The molecule has 0 radical (unpaired) electrons. The van der Waals surface area contributed by atoms with Crippen molar-refractivity contribution < 1.29 is 9.32 Å². The molecule has 6 nitrogen and oxygen atoms in total. The summed E-state index contributed by atoms with van der Waals surface area (Å²) in [4.78, 5) is 19.2. The van der Waals surface area contributed by atoms with Crippen molar-refractivity contribution in [1.29, 1.82) is 0 Å². The number of halogens is 1. The molecule has 1 aromatic heterocycles. The highest BCUT2D eigenvalue weighted by Gasteiger charge is 2.37. The molecule has 7 heteroatoms. The third-order valence-corrected chi connectivity index (χ3v) is 5.55. The molecule has 138 valence electrons. The second kappa shape index (κ2) is 7.76. The lowest BCUT2D eigenvalue weighted by Crippen LogP contribution is -2.42. The first kappa shape index (κ1) is 17.5. The van der Waals surface area contributed by atoms with Crippen LogP contribution in [-0.4, -0.2) is 46.1 Å². The van der Waals surface area contributed by atoms with E-state index in [1.54, 1.807) is 12.1 Å². The second-order valence-corrected chi connectivity index (χ2v) is 7.49. The van der Waals surface area contributed by atoms with Crippen molar-refractivity contribution in [1.82, 2.24) is 20.4 Å². The van der Waals surface area contributed by atoms with Crippen LogP contribution in [0.4, 0.5) is 0 Å². The standard InChI is InChI=1S/C19H23ClN4O2/c20-14-6-4-13(5-7-14)19-22-17(26-23-19)2-1-3-18(25)24-15-8-9-16(24)12-21-11-10-15/h4-7,15-16,21H,1-3,8-12H2. The van der Waals surface area contributed by atoms with Crippen molar-refractivity contribution in [2.75, 3.05) is 13.1 Å². The molecule has 0 aliphatic carbocycles. The molecule has 0 spiro atoms. The summed E-state index contributed by atoms with van der Waals surface area (Å²) in [6, 6.07) is 8.12. The van der Waals surface area contributed by atoms with Crippen LogP contribution >= 0.6 is 11.6 Å². The van der Waals surface area contributed by atoms with Gasteiger partial charge in [-0.1, -0.05) is 16.8 Å². The number of hydrogen-bond donors (Lipinski definition) is 1. The number of benzene rings is 1.